The van der Waals surface area contributed by atoms with E-state index in [2.05, 4.69) is 0 Å². The molecule has 3 fully saturated rings. The Morgan fingerprint density at radius 2 is 1.74 bits per heavy atom. The van der Waals surface area contributed by atoms with Crippen molar-refractivity contribution < 1.29 is 33.6 Å². The monoisotopic (exact) mass is 517 g/mol. The highest BCUT2D eigenvalue weighted by molar-refractivity contribution is 6.22. The number of non-ortho nitro benzene ring substituents is 1. The molecule has 2 aromatic carbocycles. The molecule has 11 nitrogen and oxygen atoms in total. The molecule has 2 aromatic rings. The second-order valence-corrected chi connectivity index (χ2v) is 9.95. The number of methoxy groups -OCH3 is 1. The highest BCUT2D eigenvalue weighted by Crippen LogP contribution is 2.53. The molecule has 5 atom stereocenters. The average Bonchev–Trinajstić information content (AvgIpc) is 3.67. The molecule has 38 heavy (non-hydrogen) atoms. The first-order valence-corrected chi connectivity index (χ1v) is 12.3. The van der Waals surface area contributed by atoms with Gasteiger partial charge in [-0.3, -0.25) is 29.3 Å². The van der Waals surface area contributed by atoms with Crippen LogP contribution >= 0.6 is 0 Å². The molecule has 0 N–H and O–H groups in total. The summed E-state index contributed by atoms with van der Waals surface area (Å²) in [7, 11) is 1.34. The summed E-state index contributed by atoms with van der Waals surface area (Å²) in [4.78, 5) is 65.0. The predicted molar refractivity (Wildman–Crippen MR) is 132 cm³/mol. The smallest absolute Gasteiger partial charge is 0.316 e. The second kappa shape index (κ2) is 8.79. The Labute approximate surface area is 216 Å². The highest BCUT2D eigenvalue weighted by Gasteiger charge is 2.59. The van der Waals surface area contributed by atoms with Gasteiger partial charge in [-0.25, -0.2) is 4.90 Å². The molecule has 0 aromatic heterocycles. The third kappa shape index (κ3) is 3.65. The number of nitro groups is 1. The minimum atomic E-state index is -0.790. The number of hydrogen-bond acceptors (Lipinski definition) is 8. The largest absolute Gasteiger partial charge is 0.494 e. The van der Waals surface area contributed by atoms with Crippen LogP contribution in [-0.2, 0) is 19.2 Å². The van der Waals surface area contributed by atoms with Gasteiger partial charge in [0.2, 0.25) is 17.7 Å². The molecule has 194 valence electrons. The van der Waals surface area contributed by atoms with Gasteiger partial charge in [0, 0.05) is 25.1 Å². The van der Waals surface area contributed by atoms with Gasteiger partial charge in [0.15, 0.2) is 0 Å². The van der Waals surface area contributed by atoms with E-state index in [1.165, 1.54) is 41.2 Å². The summed E-state index contributed by atoms with van der Waals surface area (Å²) in [5.74, 6) is -2.44. The van der Waals surface area contributed by atoms with Crippen LogP contribution in [0.3, 0.4) is 0 Å². The van der Waals surface area contributed by atoms with E-state index in [0.717, 1.165) is 6.42 Å². The number of nitrogens with zero attached hydrogens (tertiary/aromatic N) is 3. The van der Waals surface area contributed by atoms with E-state index >= 15 is 0 Å². The van der Waals surface area contributed by atoms with Crippen molar-refractivity contribution in [2.45, 2.75) is 12.8 Å². The molecule has 0 radical (unpaired) electrons. The van der Waals surface area contributed by atoms with Crippen LogP contribution in [-0.4, -0.2) is 42.3 Å². The number of nitro benzene ring substituents is 1. The van der Waals surface area contributed by atoms with Gasteiger partial charge in [0.1, 0.15) is 11.5 Å². The van der Waals surface area contributed by atoms with Gasteiger partial charge in [-0.2, -0.15) is 0 Å². The van der Waals surface area contributed by atoms with Crippen LogP contribution < -0.4 is 19.3 Å². The molecule has 2 saturated heterocycles. The van der Waals surface area contributed by atoms with Gasteiger partial charge in [0.25, 0.3) is 5.69 Å². The van der Waals surface area contributed by atoms with E-state index in [0.29, 0.717) is 11.4 Å². The number of carbonyl (C=O) groups is 4. The maximum Gasteiger partial charge on any atom is 0.316 e. The lowest BCUT2D eigenvalue weighted by molar-refractivity contribution is -0.384. The molecule has 2 aliphatic carbocycles. The SMILES string of the molecule is COc1cc([N+](=O)[O-])ccc1N1C[C@@H](C(=O)Oc2cccc(N3C(=O)[C@@H]4[C@H](C3=O)[C@H]3C=C[C@H]4C3)c2)CC1=O. The topological polar surface area (TPSA) is 136 Å². The number of ether oxygens (including phenoxy) is 2. The number of imide groups is 1. The first kappa shape index (κ1) is 23.8. The van der Waals surface area contributed by atoms with Crippen molar-refractivity contribution in [3.63, 3.8) is 0 Å². The fourth-order valence-electron chi connectivity index (χ4n) is 6.14. The Kier molecular flexibility index (Phi) is 5.51. The molecular formula is C27H23N3O8. The van der Waals surface area contributed by atoms with Crippen LogP contribution in [0.4, 0.5) is 17.1 Å². The summed E-state index contributed by atoms with van der Waals surface area (Å²) in [6, 6.07) is 10.2. The van der Waals surface area contributed by atoms with Crippen molar-refractivity contribution in [3.05, 3.63) is 64.7 Å². The minimum absolute atomic E-state index is 0.00770. The Morgan fingerprint density at radius 1 is 1.03 bits per heavy atom. The molecular weight excluding hydrogens is 494 g/mol. The Balaban J connectivity index is 1.17. The van der Waals surface area contributed by atoms with Crippen molar-refractivity contribution in [1.29, 1.82) is 0 Å². The van der Waals surface area contributed by atoms with E-state index in [4.69, 9.17) is 9.47 Å². The molecule has 3 amide bonds. The van der Waals surface area contributed by atoms with Gasteiger partial charge in [-0.1, -0.05) is 18.2 Å². The van der Waals surface area contributed by atoms with Crippen LogP contribution in [0.5, 0.6) is 11.5 Å². The zero-order valence-electron chi connectivity index (χ0n) is 20.3. The van der Waals surface area contributed by atoms with Crippen molar-refractivity contribution in [2.75, 3.05) is 23.5 Å². The Morgan fingerprint density at radius 3 is 2.39 bits per heavy atom. The summed E-state index contributed by atoms with van der Waals surface area (Å²) in [5, 5.41) is 11.1. The van der Waals surface area contributed by atoms with Gasteiger partial charge in [-0.15, -0.1) is 0 Å². The average molecular weight is 517 g/mol. The summed E-state index contributed by atoms with van der Waals surface area (Å²) in [6.45, 7) is 0.00770. The number of esters is 1. The van der Waals surface area contributed by atoms with Gasteiger partial charge >= 0.3 is 5.97 Å². The fourth-order valence-corrected chi connectivity index (χ4v) is 6.14. The van der Waals surface area contributed by atoms with E-state index in [1.54, 1.807) is 18.2 Å². The van der Waals surface area contributed by atoms with E-state index in [-0.39, 0.29) is 71.5 Å². The van der Waals surface area contributed by atoms with Gasteiger partial charge in [0.05, 0.1) is 47.2 Å². The number of allylic oxidation sites excluding steroid dienone is 2. The molecule has 1 saturated carbocycles. The third-order valence-corrected chi connectivity index (χ3v) is 7.89. The maximum absolute atomic E-state index is 13.1. The van der Waals surface area contributed by atoms with Crippen molar-refractivity contribution in [3.8, 4) is 11.5 Å². The molecule has 0 spiro atoms. The predicted octanol–water partition coefficient (Wildman–Crippen LogP) is 2.87. The lowest BCUT2D eigenvalue weighted by atomic mass is 9.85. The molecule has 6 rings (SSSR count). The lowest BCUT2D eigenvalue weighted by Crippen LogP contribution is -2.32. The summed E-state index contributed by atoms with van der Waals surface area (Å²) >= 11 is 0. The standard InChI is InChI=1S/C27H23N3O8/c1-37-21-12-18(30(35)36)7-8-20(21)28-13-16(10-22(28)31)27(34)38-19-4-2-3-17(11-19)29-25(32)23-14-5-6-15(9-14)24(23)26(29)33/h2-8,11-12,14-16,23-24H,9-10,13H2,1H3/t14-,15-,16-,23-,24+/m0/s1. The third-order valence-electron chi connectivity index (χ3n) is 7.89. The number of benzene rings is 2. The number of hydrogen-bond donors (Lipinski definition) is 0. The van der Waals surface area contributed by atoms with E-state index in [9.17, 15) is 29.3 Å². The Hall–Kier alpha value is -4.54. The summed E-state index contributed by atoms with van der Waals surface area (Å²) in [6.07, 6.45) is 4.77. The minimum Gasteiger partial charge on any atom is -0.494 e. The first-order valence-electron chi connectivity index (χ1n) is 12.3. The molecule has 2 aliphatic heterocycles. The molecule has 2 heterocycles. The zero-order chi connectivity index (χ0) is 26.7. The maximum atomic E-state index is 13.1. The van der Waals surface area contributed by atoms with Crippen LogP contribution in [0.1, 0.15) is 12.8 Å². The molecule has 11 heteroatoms. The molecule has 4 aliphatic rings. The number of fused-ring (bicyclic) bond motifs is 5. The Bertz CT molecular complexity index is 1410. The second-order valence-electron chi connectivity index (χ2n) is 9.95. The quantitative estimate of drug-likeness (QED) is 0.142. The number of amides is 3. The summed E-state index contributed by atoms with van der Waals surface area (Å²) < 4.78 is 10.8. The van der Waals surface area contributed by atoms with Gasteiger partial charge in [-0.05, 0) is 36.5 Å². The summed E-state index contributed by atoms with van der Waals surface area (Å²) in [5.41, 5.74) is 0.481. The van der Waals surface area contributed by atoms with Gasteiger partial charge < -0.3 is 14.4 Å². The van der Waals surface area contributed by atoms with Crippen LogP contribution in [0.15, 0.2) is 54.6 Å². The number of rotatable bonds is 6. The zero-order valence-corrected chi connectivity index (χ0v) is 20.3. The van der Waals surface area contributed by atoms with Crippen molar-refractivity contribution in [2.24, 2.45) is 29.6 Å². The highest BCUT2D eigenvalue weighted by atomic mass is 16.6. The first-order chi connectivity index (χ1) is 18.3. The fraction of sp³-hybridized carbons (Fsp3) is 0.333. The van der Waals surface area contributed by atoms with Crippen molar-refractivity contribution >= 4 is 40.8 Å². The molecule has 2 bridgehead atoms. The van der Waals surface area contributed by atoms with Crippen molar-refractivity contribution in [1.82, 2.24) is 0 Å². The lowest BCUT2D eigenvalue weighted by Gasteiger charge is -2.19. The molecule has 0 unspecified atom stereocenters. The van der Waals surface area contributed by atoms with E-state index < -0.39 is 16.8 Å². The normalized spacial score (nSPS) is 27.3. The van der Waals surface area contributed by atoms with Crippen LogP contribution in [0, 0.1) is 39.7 Å². The number of anilines is 2. The van der Waals surface area contributed by atoms with Crippen LogP contribution in [0.25, 0.3) is 0 Å². The van der Waals surface area contributed by atoms with E-state index in [1.807, 2.05) is 12.2 Å². The number of carbonyl (C=O) groups excluding carboxylic acids is 4. The van der Waals surface area contributed by atoms with Crippen LogP contribution in [0.2, 0.25) is 0 Å².